The van der Waals surface area contributed by atoms with Gasteiger partial charge in [-0.25, -0.2) is 0 Å². The summed E-state index contributed by atoms with van der Waals surface area (Å²) in [4.78, 5) is 26.5. The molecule has 2 aromatic rings. The van der Waals surface area contributed by atoms with Gasteiger partial charge in [0, 0.05) is 13.1 Å². The maximum absolute atomic E-state index is 12.8. The van der Waals surface area contributed by atoms with Crippen molar-refractivity contribution in [3.05, 3.63) is 34.5 Å². The van der Waals surface area contributed by atoms with Crippen molar-refractivity contribution in [2.75, 3.05) is 19.7 Å². The second-order valence-electron chi connectivity index (χ2n) is 5.86. The molecule has 25 heavy (non-hydrogen) atoms. The summed E-state index contributed by atoms with van der Waals surface area (Å²) in [6.07, 6.45) is 0.624. The van der Waals surface area contributed by atoms with Crippen LogP contribution in [0.3, 0.4) is 0 Å². The number of fused-ring (bicyclic) bond motifs is 1. The quantitative estimate of drug-likeness (QED) is 0.794. The molecule has 0 aliphatic carbocycles. The first-order valence-electron chi connectivity index (χ1n) is 8.25. The van der Waals surface area contributed by atoms with Gasteiger partial charge in [-0.05, 0) is 19.4 Å². The number of hydrogen-bond donors (Lipinski definition) is 2. The van der Waals surface area contributed by atoms with Crippen LogP contribution in [-0.2, 0) is 19.5 Å². The Morgan fingerprint density at radius 1 is 1.40 bits per heavy atom. The van der Waals surface area contributed by atoms with E-state index in [-0.39, 0.29) is 30.7 Å². The fourth-order valence-corrected chi connectivity index (χ4v) is 2.90. The number of aliphatic hydroxyl groups excluding tert-OH is 1. The maximum atomic E-state index is 12.8. The number of nitrogens with zero attached hydrogens (tertiary/aromatic N) is 4. The third-order valence-electron chi connectivity index (χ3n) is 4.20. The van der Waals surface area contributed by atoms with Crippen molar-refractivity contribution < 1.29 is 19.2 Å². The zero-order chi connectivity index (χ0) is 18.0. The summed E-state index contributed by atoms with van der Waals surface area (Å²) in [5.41, 5.74) is 2.26. The minimum Gasteiger partial charge on any atom is -0.395 e. The van der Waals surface area contributed by atoms with Gasteiger partial charge in [0.1, 0.15) is 11.3 Å². The number of amides is 2. The molecule has 0 atom stereocenters. The predicted molar refractivity (Wildman–Crippen MR) is 87.0 cm³/mol. The van der Waals surface area contributed by atoms with Crippen molar-refractivity contribution in [2.24, 2.45) is 0 Å². The van der Waals surface area contributed by atoms with Gasteiger partial charge in [-0.1, -0.05) is 12.1 Å². The molecule has 134 valence electrons. The Morgan fingerprint density at radius 3 is 2.92 bits per heavy atom. The summed E-state index contributed by atoms with van der Waals surface area (Å²) in [5, 5.41) is 19.6. The molecule has 1 aliphatic rings. The van der Waals surface area contributed by atoms with E-state index in [1.54, 1.807) is 22.6 Å². The van der Waals surface area contributed by atoms with Crippen molar-refractivity contribution in [1.29, 1.82) is 0 Å². The van der Waals surface area contributed by atoms with E-state index in [2.05, 4.69) is 15.6 Å². The second-order valence-corrected chi connectivity index (χ2v) is 5.86. The summed E-state index contributed by atoms with van der Waals surface area (Å²) in [6, 6.07) is 1.67. The Morgan fingerprint density at radius 2 is 2.20 bits per heavy atom. The Bertz CT molecular complexity index is 795. The number of aryl methyl sites for hydroxylation is 2. The highest BCUT2D eigenvalue weighted by molar-refractivity contribution is 5.96. The number of rotatable bonds is 5. The monoisotopic (exact) mass is 347 g/mol. The Labute approximate surface area is 144 Å². The lowest BCUT2D eigenvalue weighted by atomic mass is 10.1. The summed E-state index contributed by atoms with van der Waals surface area (Å²) in [7, 11) is 0. The van der Waals surface area contributed by atoms with E-state index in [1.807, 2.05) is 6.92 Å². The average Bonchev–Trinajstić information content (AvgIpc) is 3.21. The molecule has 2 amide bonds. The highest BCUT2D eigenvalue weighted by atomic mass is 16.5. The molecule has 0 saturated carbocycles. The first-order chi connectivity index (χ1) is 12.0. The number of aliphatic hydroxyl groups is 1. The average molecular weight is 347 g/mol. The van der Waals surface area contributed by atoms with E-state index >= 15 is 0 Å². The smallest absolute Gasteiger partial charge is 0.271 e. The van der Waals surface area contributed by atoms with E-state index in [9.17, 15) is 9.59 Å². The van der Waals surface area contributed by atoms with Crippen LogP contribution in [0.1, 0.15) is 44.9 Å². The van der Waals surface area contributed by atoms with Crippen molar-refractivity contribution in [3.8, 4) is 0 Å². The highest BCUT2D eigenvalue weighted by Crippen LogP contribution is 2.21. The number of hydrogen-bond acceptors (Lipinski definition) is 6. The molecule has 3 rings (SSSR count). The lowest BCUT2D eigenvalue weighted by Crippen LogP contribution is -2.38. The zero-order valence-electron chi connectivity index (χ0n) is 14.3. The fourth-order valence-electron chi connectivity index (χ4n) is 2.90. The molecule has 2 N–H and O–H groups in total. The van der Waals surface area contributed by atoms with Crippen LogP contribution >= 0.6 is 0 Å². The molecule has 0 unspecified atom stereocenters. The van der Waals surface area contributed by atoms with Crippen molar-refractivity contribution in [2.45, 2.75) is 33.4 Å². The molecule has 0 spiro atoms. The molecule has 1 aliphatic heterocycles. The molecular weight excluding hydrogens is 326 g/mol. The van der Waals surface area contributed by atoms with Crippen LogP contribution in [0.4, 0.5) is 0 Å². The molecule has 3 heterocycles. The Balaban J connectivity index is 1.77. The van der Waals surface area contributed by atoms with Crippen molar-refractivity contribution in [1.82, 2.24) is 25.2 Å². The Kier molecular flexibility index (Phi) is 4.84. The van der Waals surface area contributed by atoms with Crippen molar-refractivity contribution in [3.63, 3.8) is 0 Å². The van der Waals surface area contributed by atoms with Gasteiger partial charge in [-0.2, -0.15) is 5.10 Å². The standard InChI is InChI=1S/C16H21N5O4/c1-3-12-14(10(2)25-19-12)16(24)20-5-6-21-11(9-20)8-13(18-21)15(23)17-4-7-22/h8,22H,3-7,9H2,1-2H3,(H,17,23). The van der Waals surface area contributed by atoms with Gasteiger partial charge in [0.25, 0.3) is 11.8 Å². The minimum atomic E-state index is -0.336. The van der Waals surface area contributed by atoms with E-state index in [0.29, 0.717) is 43.1 Å². The van der Waals surface area contributed by atoms with E-state index in [4.69, 9.17) is 9.63 Å². The second kappa shape index (κ2) is 7.06. The molecule has 9 nitrogen and oxygen atoms in total. The molecular formula is C16H21N5O4. The summed E-state index contributed by atoms with van der Waals surface area (Å²) >= 11 is 0. The van der Waals surface area contributed by atoms with Gasteiger partial charge >= 0.3 is 0 Å². The van der Waals surface area contributed by atoms with Gasteiger partial charge in [-0.15, -0.1) is 0 Å². The highest BCUT2D eigenvalue weighted by Gasteiger charge is 2.28. The first-order valence-corrected chi connectivity index (χ1v) is 8.25. The predicted octanol–water partition coefficient (Wildman–Crippen LogP) is 0.120. The number of nitrogens with one attached hydrogen (secondary N) is 1. The SMILES string of the molecule is CCc1noc(C)c1C(=O)N1CCn2nc(C(=O)NCCO)cc2C1. The number of carbonyl (C=O) groups is 2. The van der Waals surface area contributed by atoms with Gasteiger partial charge < -0.3 is 19.8 Å². The summed E-state index contributed by atoms with van der Waals surface area (Å²) < 4.78 is 6.89. The molecule has 2 aromatic heterocycles. The molecule has 0 fully saturated rings. The molecule has 0 saturated heterocycles. The lowest BCUT2D eigenvalue weighted by molar-refractivity contribution is 0.0702. The van der Waals surface area contributed by atoms with Crippen LogP contribution < -0.4 is 5.32 Å². The molecule has 9 heteroatoms. The van der Waals surface area contributed by atoms with Gasteiger partial charge in [-0.3, -0.25) is 14.3 Å². The van der Waals surface area contributed by atoms with E-state index in [0.717, 1.165) is 5.69 Å². The number of aromatic nitrogens is 3. The van der Waals surface area contributed by atoms with Crippen LogP contribution in [0.25, 0.3) is 0 Å². The van der Waals surface area contributed by atoms with Crippen molar-refractivity contribution >= 4 is 11.8 Å². The van der Waals surface area contributed by atoms with Crippen LogP contribution in [0, 0.1) is 6.92 Å². The number of carbonyl (C=O) groups excluding carboxylic acids is 2. The van der Waals surface area contributed by atoms with E-state index in [1.165, 1.54) is 0 Å². The lowest BCUT2D eigenvalue weighted by Gasteiger charge is -2.27. The Hall–Kier alpha value is -2.68. The third-order valence-corrected chi connectivity index (χ3v) is 4.20. The van der Waals surface area contributed by atoms with E-state index < -0.39 is 0 Å². The largest absolute Gasteiger partial charge is 0.395 e. The maximum Gasteiger partial charge on any atom is 0.271 e. The summed E-state index contributed by atoms with van der Waals surface area (Å²) in [5.74, 6) is 0.0660. The zero-order valence-corrected chi connectivity index (χ0v) is 14.3. The fraction of sp³-hybridized carbons (Fsp3) is 0.500. The molecule has 0 radical (unpaired) electrons. The van der Waals surface area contributed by atoms with Gasteiger partial charge in [0.2, 0.25) is 0 Å². The minimum absolute atomic E-state index is 0.116. The van der Waals surface area contributed by atoms with Crippen LogP contribution in [0.5, 0.6) is 0 Å². The third kappa shape index (κ3) is 3.27. The van der Waals surface area contributed by atoms with Gasteiger partial charge in [0.05, 0.1) is 31.1 Å². The van der Waals surface area contributed by atoms with Crippen LogP contribution in [0.2, 0.25) is 0 Å². The van der Waals surface area contributed by atoms with Crippen LogP contribution in [0.15, 0.2) is 10.6 Å². The first kappa shape index (κ1) is 17.2. The summed E-state index contributed by atoms with van der Waals surface area (Å²) in [6.45, 7) is 5.09. The molecule has 0 bridgehead atoms. The van der Waals surface area contributed by atoms with Crippen LogP contribution in [-0.4, -0.2) is 56.5 Å². The molecule has 0 aromatic carbocycles. The topological polar surface area (TPSA) is 113 Å². The van der Waals surface area contributed by atoms with Gasteiger partial charge in [0.15, 0.2) is 5.69 Å². The normalized spacial score (nSPS) is 13.6.